The summed E-state index contributed by atoms with van der Waals surface area (Å²) in [5, 5.41) is 2.68. The average Bonchev–Trinajstić information content (AvgIpc) is 2.69. The zero-order valence-electron chi connectivity index (χ0n) is 17.6. The van der Waals surface area contributed by atoms with Crippen LogP contribution in [0.1, 0.15) is 25.0 Å². The number of nitrogens with one attached hydrogen (secondary N) is 1. The summed E-state index contributed by atoms with van der Waals surface area (Å²) >= 11 is 5.27. The van der Waals surface area contributed by atoms with Gasteiger partial charge in [0.1, 0.15) is 6.54 Å². The molecule has 0 amide bonds. The van der Waals surface area contributed by atoms with E-state index < -0.39 is 22.7 Å². The van der Waals surface area contributed by atoms with Crippen molar-refractivity contribution in [1.29, 1.82) is 0 Å². The lowest BCUT2D eigenvalue weighted by molar-refractivity contribution is -0.138. The molecule has 2 aromatic carbocycles. The van der Waals surface area contributed by atoms with Crippen molar-refractivity contribution >= 4 is 33.0 Å². The molecule has 31 heavy (non-hydrogen) atoms. The Labute approximate surface area is 186 Å². The predicted molar refractivity (Wildman–Crippen MR) is 120 cm³/mol. The normalized spacial score (nSPS) is 12.1. The zero-order chi connectivity index (χ0) is 23.2. The van der Waals surface area contributed by atoms with Gasteiger partial charge in [-0.2, -0.15) is 17.5 Å². The van der Waals surface area contributed by atoms with Crippen molar-refractivity contribution in [2.75, 3.05) is 25.0 Å². The van der Waals surface area contributed by atoms with Crippen molar-refractivity contribution in [3.63, 3.8) is 0 Å². The first-order chi connectivity index (χ1) is 14.5. The first kappa shape index (κ1) is 25.1. The molecule has 0 saturated carbocycles. The van der Waals surface area contributed by atoms with Crippen LogP contribution in [0.15, 0.2) is 53.4 Å². The number of rotatable bonds is 8. The van der Waals surface area contributed by atoms with Crippen molar-refractivity contribution in [3.05, 3.63) is 59.7 Å². The van der Waals surface area contributed by atoms with E-state index in [4.69, 9.17) is 12.2 Å². The molecule has 0 bridgehead atoms. The highest BCUT2D eigenvalue weighted by Crippen LogP contribution is 2.25. The molecule has 2 aromatic rings. The Morgan fingerprint density at radius 1 is 1.06 bits per heavy atom. The molecule has 0 aliphatic heterocycles. The number of sulfonamides is 1. The van der Waals surface area contributed by atoms with Crippen LogP contribution in [0, 0.1) is 6.92 Å². The molecule has 0 spiro atoms. The monoisotopic (exact) mass is 473 g/mol. The summed E-state index contributed by atoms with van der Waals surface area (Å²) in [6, 6.07) is 13.2. The molecule has 10 heteroatoms. The zero-order valence-corrected chi connectivity index (χ0v) is 19.2. The van der Waals surface area contributed by atoms with Crippen LogP contribution < -0.4 is 5.32 Å². The Kier molecular flexibility index (Phi) is 8.44. The number of halogens is 3. The Balaban J connectivity index is 2.32. The second-order valence-electron chi connectivity index (χ2n) is 6.95. The Bertz CT molecular complexity index is 993. The molecular weight excluding hydrogens is 447 g/mol. The van der Waals surface area contributed by atoms with Crippen LogP contribution in [0.5, 0.6) is 0 Å². The fraction of sp³-hybridized carbons (Fsp3) is 0.381. The molecule has 0 atom stereocenters. The van der Waals surface area contributed by atoms with Crippen molar-refractivity contribution in [2.24, 2.45) is 0 Å². The number of hydrogen-bond donors (Lipinski definition) is 1. The van der Waals surface area contributed by atoms with Crippen LogP contribution in [0.3, 0.4) is 0 Å². The van der Waals surface area contributed by atoms with Crippen LogP contribution in [0.4, 0.5) is 18.9 Å². The molecule has 5 nitrogen and oxygen atoms in total. The van der Waals surface area contributed by atoms with Gasteiger partial charge < -0.3 is 10.2 Å². The standard InChI is InChI=1S/C21H26F3N3O2S2/c1-4-27(5-2)31(28,29)18-12-11-16(3)19(13-18)25-20(30)26(15-21(22,23)24)14-17-9-7-6-8-10-17/h6-13H,4-5,14-15H2,1-3H3,(H,25,30). The van der Waals surface area contributed by atoms with Gasteiger partial charge in [0.2, 0.25) is 10.0 Å². The van der Waals surface area contributed by atoms with E-state index in [1.807, 2.05) is 0 Å². The van der Waals surface area contributed by atoms with Gasteiger partial charge in [-0.15, -0.1) is 0 Å². The van der Waals surface area contributed by atoms with Gasteiger partial charge >= 0.3 is 6.18 Å². The summed E-state index contributed by atoms with van der Waals surface area (Å²) in [5.41, 5.74) is 1.68. The molecule has 2 rings (SSSR count). The number of benzene rings is 2. The molecule has 0 aliphatic carbocycles. The van der Waals surface area contributed by atoms with E-state index in [2.05, 4.69) is 5.32 Å². The largest absolute Gasteiger partial charge is 0.406 e. The van der Waals surface area contributed by atoms with E-state index in [-0.39, 0.29) is 16.6 Å². The van der Waals surface area contributed by atoms with Crippen molar-refractivity contribution in [3.8, 4) is 0 Å². The number of nitrogens with zero attached hydrogens (tertiary/aromatic N) is 2. The summed E-state index contributed by atoms with van der Waals surface area (Å²) in [4.78, 5) is 1.06. The number of thiocarbonyl (C=S) groups is 1. The van der Waals surface area contributed by atoms with Gasteiger partial charge in [0.05, 0.1) is 4.90 Å². The van der Waals surface area contributed by atoms with E-state index in [9.17, 15) is 21.6 Å². The van der Waals surface area contributed by atoms with Gasteiger partial charge in [-0.3, -0.25) is 0 Å². The molecule has 0 unspecified atom stereocenters. The third-order valence-electron chi connectivity index (χ3n) is 4.67. The Morgan fingerprint density at radius 2 is 1.68 bits per heavy atom. The molecule has 0 radical (unpaired) electrons. The third-order valence-corrected chi connectivity index (χ3v) is 7.07. The predicted octanol–water partition coefficient (Wildman–Crippen LogP) is 4.79. The minimum atomic E-state index is -4.45. The summed E-state index contributed by atoms with van der Waals surface area (Å²) in [7, 11) is -3.72. The van der Waals surface area contributed by atoms with Gasteiger partial charge in [0.25, 0.3) is 0 Å². The number of hydrogen-bond acceptors (Lipinski definition) is 3. The van der Waals surface area contributed by atoms with Gasteiger partial charge in [0, 0.05) is 25.3 Å². The Hall–Kier alpha value is -2.17. The SMILES string of the molecule is CCN(CC)S(=O)(=O)c1ccc(C)c(NC(=S)N(Cc2ccccc2)CC(F)(F)F)c1. The maximum absolute atomic E-state index is 13.2. The van der Waals surface area contributed by atoms with Crippen LogP contribution in [0.2, 0.25) is 0 Å². The highest BCUT2D eigenvalue weighted by atomic mass is 32.2. The molecular formula is C21H26F3N3O2S2. The highest BCUT2D eigenvalue weighted by molar-refractivity contribution is 7.89. The molecule has 0 saturated heterocycles. The first-order valence-corrected chi connectivity index (χ1v) is 11.6. The minimum absolute atomic E-state index is 0.0390. The van der Waals surface area contributed by atoms with Gasteiger partial charge in [-0.25, -0.2) is 8.42 Å². The molecule has 0 aromatic heterocycles. The average molecular weight is 474 g/mol. The van der Waals surface area contributed by atoms with E-state index in [1.165, 1.54) is 16.4 Å². The lowest BCUT2D eigenvalue weighted by Gasteiger charge is -2.27. The van der Waals surface area contributed by atoms with Crippen molar-refractivity contribution in [2.45, 2.75) is 38.4 Å². The quantitative estimate of drug-likeness (QED) is 0.559. The molecule has 1 N–H and O–H groups in total. The fourth-order valence-corrected chi connectivity index (χ4v) is 4.75. The second-order valence-corrected chi connectivity index (χ2v) is 9.28. The summed E-state index contributed by atoms with van der Waals surface area (Å²) in [6.07, 6.45) is -4.45. The maximum atomic E-state index is 13.2. The Morgan fingerprint density at radius 3 is 2.23 bits per heavy atom. The van der Waals surface area contributed by atoms with Crippen LogP contribution in [-0.2, 0) is 16.6 Å². The van der Waals surface area contributed by atoms with E-state index in [1.54, 1.807) is 57.2 Å². The number of aryl methyl sites for hydroxylation is 1. The van der Waals surface area contributed by atoms with Gasteiger partial charge in [-0.1, -0.05) is 50.2 Å². The van der Waals surface area contributed by atoms with Crippen LogP contribution >= 0.6 is 12.2 Å². The third kappa shape index (κ3) is 6.91. The topological polar surface area (TPSA) is 52.7 Å². The summed E-state index contributed by atoms with van der Waals surface area (Å²) in [6.45, 7) is 4.55. The lowest BCUT2D eigenvalue weighted by atomic mass is 10.2. The van der Waals surface area contributed by atoms with E-state index in [0.717, 1.165) is 4.90 Å². The summed E-state index contributed by atoms with van der Waals surface area (Å²) < 4.78 is 66.4. The molecule has 0 aliphatic rings. The smallest absolute Gasteiger partial charge is 0.336 e. The number of alkyl halides is 3. The lowest BCUT2D eigenvalue weighted by Crippen LogP contribution is -2.41. The maximum Gasteiger partial charge on any atom is 0.406 e. The van der Waals surface area contributed by atoms with Crippen molar-refractivity contribution in [1.82, 2.24) is 9.21 Å². The van der Waals surface area contributed by atoms with Crippen LogP contribution in [0.25, 0.3) is 0 Å². The van der Waals surface area contributed by atoms with E-state index >= 15 is 0 Å². The highest BCUT2D eigenvalue weighted by Gasteiger charge is 2.32. The van der Waals surface area contributed by atoms with Gasteiger partial charge in [0.15, 0.2) is 5.11 Å². The number of anilines is 1. The van der Waals surface area contributed by atoms with Gasteiger partial charge in [-0.05, 0) is 42.4 Å². The first-order valence-electron chi connectivity index (χ1n) is 9.75. The summed E-state index contributed by atoms with van der Waals surface area (Å²) in [5.74, 6) is 0. The second kappa shape index (κ2) is 10.4. The van der Waals surface area contributed by atoms with Crippen LogP contribution in [-0.4, -0.2) is 48.5 Å². The fourth-order valence-electron chi connectivity index (χ4n) is 3.02. The molecule has 0 fully saturated rings. The molecule has 0 heterocycles. The molecule has 170 valence electrons. The van der Waals surface area contributed by atoms with E-state index in [0.29, 0.717) is 29.9 Å². The van der Waals surface area contributed by atoms with Crippen molar-refractivity contribution < 1.29 is 21.6 Å². The minimum Gasteiger partial charge on any atom is -0.336 e.